The lowest BCUT2D eigenvalue weighted by molar-refractivity contribution is -0.139. The van der Waals surface area contributed by atoms with Crippen molar-refractivity contribution in [2.45, 2.75) is 59.6 Å². The number of rotatable bonds is 9. The van der Waals surface area contributed by atoms with Gasteiger partial charge < -0.3 is 19.5 Å². The normalized spacial score (nSPS) is 17.6. The van der Waals surface area contributed by atoms with Crippen molar-refractivity contribution in [3.05, 3.63) is 64.7 Å². The maximum absolute atomic E-state index is 13.1. The molecule has 1 unspecified atom stereocenters. The van der Waals surface area contributed by atoms with Crippen LogP contribution in [0.3, 0.4) is 0 Å². The molecule has 2 aromatic rings. The predicted octanol–water partition coefficient (Wildman–Crippen LogP) is 5.40. The monoisotopic (exact) mass is 451 g/mol. The Morgan fingerprint density at radius 2 is 1.88 bits per heavy atom. The summed E-state index contributed by atoms with van der Waals surface area (Å²) in [5.41, 5.74) is 2.14. The minimum Gasteiger partial charge on any atom is -0.507 e. The Balaban J connectivity index is 2.13. The van der Waals surface area contributed by atoms with Crippen LogP contribution >= 0.6 is 0 Å². The largest absolute Gasteiger partial charge is 0.507 e. The number of aryl methyl sites for hydroxylation is 1. The zero-order chi connectivity index (χ0) is 24.1. The van der Waals surface area contributed by atoms with Gasteiger partial charge in [0.1, 0.15) is 17.3 Å². The molecule has 1 aliphatic rings. The van der Waals surface area contributed by atoms with E-state index in [0.717, 1.165) is 24.0 Å². The number of ketones is 1. The van der Waals surface area contributed by atoms with Crippen LogP contribution < -0.4 is 9.47 Å². The lowest BCUT2D eigenvalue weighted by Gasteiger charge is -2.25. The van der Waals surface area contributed by atoms with E-state index in [1.165, 1.54) is 0 Å². The van der Waals surface area contributed by atoms with Crippen LogP contribution in [0, 0.1) is 6.92 Å². The van der Waals surface area contributed by atoms with Gasteiger partial charge in [-0.05, 0) is 75.6 Å². The smallest absolute Gasteiger partial charge is 0.295 e. The Hall–Kier alpha value is -3.28. The summed E-state index contributed by atoms with van der Waals surface area (Å²) in [6.07, 6.45) is 1.62. The number of hydrogen-bond acceptors (Lipinski definition) is 5. The van der Waals surface area contributed by atoms with Gasteiger partial charge in [0.2, 0.25) is 0 Å². The zero-order valence-electron chi connectivity index (χ0n) is 20.1. The van der Waals surface area contributed by atoms with E-state index < -0.39 is 17.7 Å². The second-order valence-electron chi connectivity index (χ2n) is 8.50. The first kappa shape index (κ1) is 24.4. The number of likely N-dealkylation sites (tertiary alicyclic amines) is 1. The molecule has 6 heteroatoms. The molecule has 0 aromatic heterocycles. The standard InChI is InChI=1S/C27H33NO5/c1-6-8-14-28-24(19-10-9-11-21(16-19)33-17(3)4)23(26(30)27(28)31)25(29)20-12-13-22(32-7-2)18(5)15-20/h9-13,15-17,24,29H,6-8,14H2,1-5H3/b25-23+. The van der Waals surface area contributed by atoms with E-state index in [0.29, 0.717) is 30.2 Å². The molecule has 1 amide bonds. The molecule has 0 radical (unpaired) electrons. The number of Topliss-reactive ketones (excluding diaryl/α,β-unsaturated/α-hetero) is 1. The molecule has 176 valence electrons. The molecule has 6 nitrogen and oxygen atoms in total. The third kappa shape index (κ3) is 5.21. The minimum absolute atomic E-state index is 0.0152. The molecule has 1 atom stereocenters. The molecule has 33 heavy (non-hydrogen) atoms. The maximum atomic E-state index is 13.1. The number of unbranched alkanes of at least 4 members (excludes halogenated alkanes) is 1. The fraction of sp³-hybridized carbons (Fsp3) is 0.407. The Labute approximate surface area is 195 Å². The SMILES string of the molecule is CCCCN1C(=O)C(=O)/C(=C(/O)c2ccc(OCC)c(C)c2)C1c1cccc(OC(C)C)c1. The van der Waals surface area contributed by atoms with E-state index in [1.807, 2.05) is 58.9 Å². The number of ether oxygens (including phenoxy) is 2. The van der Waals surface area contributed by atoms with Gasteiger partial charge in [0.05, 0.1) is 24.3 Å². The topological polar surface area (TPSA) is 76.1 Å². The van der Waals surface area contributed by atoms with Gasteiger partial charge in [-0.3, -0.25) is 9.59 Å². The van der Waals surface area contributed by atoms with Crippen LogP contribution in [0.25, 0.3) is 5.76 Å². The van der Waals surface area contributed by atoms with Crippen molar-refractivity contribution in [3.63, 3.8) is 0 Å². The fourth-order valence-corrected chi connectivity index (χ4v) is 4.09. The van der Waals surface area contributed by atoms with Gasteiger partial charge in [-0.1, -0.05) is 25.5 Å². The first-order valence-electron chi connectivity index (χ1n) is 11.6. The highest BCUT2D eigenvalue weighted by atomic mass is 16.5. The third-order valence-electron chi connectivity index (χ3n) is 5.59. The molecular formula is C27H33NO5. The molecule has 0 saturated carbocycles. The van der Waals surface area contributed by atoms with Gasteiger partial charge in [-0.15, -0.1) is 0 Å². The lowest BCUT2D eigenvalue weighted by Crippen LogP contribution is -2.30. The number of amides is 1. The molecule has 1 aliphatic heterocycles. The van der Waals surface area contributed by atoms with Crippen LogP contribution in [-0.4, -0.2) is 41.0 Å². The summed E-state index contributed by atoms with van der Waals surface area (Å²) in [7, 11) is 0. The summed E-state index contributed by atoms with van der Waals surface area (Å²) in [5, 5.41) is 11.3. The average Bonchev–Trinajstić information content (AvgIpc) is 3.03. The number of aliphatic hydroxyl groups excluding tert-OH is 1. The molecule has 1 fully saturated rings. The van der Waals surface area contributed by atoms with Crippen molar-refractivity contribution in [1.29, 1.82) is 0 Å². The molecular weight excluding hydrogens is 418 g/mol. The zero-order valence-corrected chi connectivity index (χ0v) is 20.1. The number of carbonyl (C=O) groups excluding carboxylic acids is 2. The average molecular weight is 452 g/mol. The van der Waals surface area contributed by atoms with E-state index in [2.05, 4.69) is 0 Å². The number of aliphatic hydroxyl groups is 1. The molecule has 1 heterocycles. The van der Waals surface area contributed by atoms with E-state index in [1.54, 1.807) is 23.1 Å². The predicted molar refractivity (Wildman–Crippen MR) is 128 cm³/mol. The molecule has 0 spiro atoms. The molecule has 1 saturated heterocycles. The molecule has 0 bridgehead atoms. The summed E-state index contributed by atoms with van der Waals surface area (Å²) in [4.78, 5) is 27.7. The molecule has 0 aliphatic carbocycles. The van der Waals surface area contributed by atoms with Gasteiger partial charge in [0.15, 0.2) is 0 Å². The first-order chi connectivity index (χ1) is 15.8. The highest BCUT2D eigenvalue weighted by Crippen LogP contribution is 2.40. The highest BCUT2D eigenvalue weighted by Gasteiger charge is 2.45. The van der Waals surface area contributed by atoms with Gasteiger partial charge >= 0.3 is 0 Å². The molecule has 1 N–H and O–H groups in total. The molecule has 3 rings (SSSR count). The second kappa shape index (κ2) is 10.6. The number of carbonyl (C=O) groups is 2. The van der Waals surface area contributed by atoms with Crippen LogP contribution in [0.5, 0.6) is 11.5 Å². The molecule has 2 aromatic carbocycles. The Morgan fingerprint density at radius 1 is 1.12 bits per heavy atom. The van der Waals surface area contributed by atoms with Crippen molar-refractivity contribution >= 4 is 17.4 Å². The van der Waals surface area contributed by atoms with Crippen LogP contribution in [0.2, 0.25) is 0 Å². The van der Waals surface area contributed by atoms with E-state index >= 15 is 0 Å². The highest BCUT2D eigenvalue weighted by molar-refractivity contribution is 6.46. The number of hydrogen-bond donors (Lipinski definition) is 1. The maximum Gasteiger partial charge on any atom is 0.295 e. The minimum atomic E-state index is -0.681. The van der Waals surface area contributed by atoms with Crippen LogP contribution in [-0.2, 0) is 9.59 Å². The van der Waals surface area contributed by atoms with Crippen LogP contribution in [0.1, 0.15) is 63.3 Å². The van der Waals surface area contributed by atoms with Gasteiger partial charge in [-0.2, -0.15) is 0 Å². The summed E-state index contributed by atoms with van der Waals surface area (Å²) < 4.78 is 11.4. The fourth-order valence-electron chi connectivity index (χ4n) is 4.09. The van der Waals surface area contributed by atoms with Crippen molar-refractivity contribution in [2.75, 3.05) is 13.2 Å². The number of benzene rings is 2. The van der Waals surface area contributed by atoms with Crippen molar-refractivity contribution in [2.24, 2.45) is 0 Å². The Bertz CT molecular complexity index is 1060. The van der Waals surface area contributed by atoms with Crippen molar-refractivity contribution < 1.29 is 24.2 Å². The first-order valence-corrected chi connectivity index (χ1v) is 11.6. The Kier molecular flexibility index (Phi) is 7.79. The van der Waals surface area contributed by atoms with Gasteiger partial charge in [0.25, 0.3) is 11.7 Å². The van der Waals surface area contributed by atoms with Gasteiger partial charge in [-0.25, -0.2) is 0 Å². The summed E-state index contributed by atoms with van der Waals surface area (Å²) in [5.74, 6) is -0.0742. The van der Waals surface area contributed by atoms with Gasteiger partial charge in [0, 0.05) is 12.1 Å². The van der Waals surface area contributed by atoms with E-state index in [9.17, 15) is 14.7 Å². The second-order valence-corrected chi connectivity index (χ2v) is 8.50. The Morgan fingerprint density at radius 3 is 2.52 bits per heavy atom. The van der Waals surface area contributed by atoms with Crippen LogP contribution in [0.15, 0.2) is 48.0 Å². The third-order valence-corrected chi connectivity index (χ3v) is 5.59. The quantitative estimate of drug-likeness (QED) is 0.314. The summed E-state index contributed by atoms with van der Waals surface area (Å²) >= 11 is 0. The summed E-state index contributed by atoms with van der Waals surface area (Å²) in [6.45, 7) is 10.7. The summed E-state index contributed by atoms with van der Waals surface area (Å²) in [6, 6.07) is 12.0. The lowest BCUT2D eigenvalue weighted by atomic mass is 9.94. The van der Waals surface area contributed by atoms with Crippen molar-refractivity contribution in [1.82, 2.24) is 4.90 Å². The number of nitrogens with zero attached hydrogens (tertiary/aromatic N) is 1. The van der Waals surface area contributed by atoms with E-state index in [-0.39, 0.29) is 17.4 Å². The van der Waals surface area contributed by atoms with Crippen molar-refractivity contribution in [3.8, 4) is 11.5 Å². The van der Waals surface area contributed by atoms with E-state index in [4.69, 9.17) is 9.47 Å². The van der Waals surface area contributed by atoms with Crippen LogP contribution in [0.4, 0.5) is 0 Å².